The Morgan fingerprint density at radius 2 is 1.80 bits per heavy atom. The SMILES string of the molecule is Cc1ccc(S(=O)(=O)NCC(c2ccc(Cl)cc2)C2C=CCC2)cc1. The quantitative estimate of drug-likeness (QED) is 0.745. The zero-order valence-electron chi connectivity index (χ0n) is 14.2. The molecular formula is C20H22ClNO2S. The van der Waals surface area contributed by atoms with Crippen LogP contribution in [0.4, 0.5) is 0 Å². The van der Waals surface area contributed by atoms with E-state index in [1.807, 2.05) is 43.3 Å². The summed E-state index contributed by atoms with van der Waals surface area (Å²) in [4.78, 5) is 0.301. The van der Waals surface area contributed by atoms with Crippen molar-refractivity contribution in [1.82, 2.24) is 4.72 Å². The van der Waals surface area contributed by atoms with E-state index < -0.39 is 10.0 Å². The van der Waals surface area contributed by atoms with Gasteiger partial charge < -0.3 is 0 Å². The predicted molar refractivity (Wildman–Crippen MR) is 102 cm³/mol. The highest BCUT2D eigenvalue weighted by atomic mass is 35.5. The number of allylic oxidation sites excluding steroid dienone is 2. The largest absolute Gasteiger partial charge is 0.240 e. The number of halogens is 1. The van der Waals surface area contributed by atoms with Gasteiger partial charge in [0.2, 0.25) is 10.0 Å². The molecule has 0 spiro atoms. The topological polar surface area (TPSA) is 46.2 Å². The fraction of sp³-hybridized carbons (Fsp3) is 0.300. The Balaban J connectivity index is 1.79. The maximum Gasteiger partial charge on any atom is 0.240 e. The van der Waals surface area contributed by atoms with Gasteiger partial charge >= 0.3 is 0 Å². The normalized spacial score (nSPS) is 18.4. The maximum atomic E-state index is 12.6. The molecule has 0 amide bonds. The molecule has 132 valence electrons. The van der Waals surface area contributed by atoms with Gasteiger partial charge in [0.25, 0.3) is 0 Å². The summed E-state index contributed by atoms with van der Waals surface area (Å²) in [6.45, 7) is 2.31. The lowest BCUT2D eigenvalue weighted by molar-refractivity contribution is 0.485. The lowest BCUT2D eigenvalue weighted by atomic mass is 9.86. The van der Waals surface area contributed by atoms with Crippen LogP contribution in [0.15, 0.2) is 65.6 Å². The molecule has 25 heavy (non-hydrogen) atoms. The van der Waals surface area contributed by atoms with E-state index in [-0.39, 0.29) is 5.92 Å². The summed E-state index contributed by atoms with van der Waals surface area (Å²) in [5.41, 5.74) is 2.14. The Bertz CT molecular complexity index is 842. The first-order chi connectivity index (χ1) is 12.0. The van der Waals surface area contributed by atoms with E-state index in [1.54, 1.807) is 12.1 Å². The number of benzene rings is 2. The van der Waals surface area contributed by atoms with Gasteiger partial charge in [-0.1, -0.05) is 53.6 Å². The fourth-order valence-electron chi connectivity index (χ4n) is 3.22. The van der Waals surface area contributed by atoms with Crippen molar-refractivity contribution in [2.24, 2.45) is 5.92 Å². The number of rotatable bonds is 6. The Kier molecular flexibility index (Phi) is 5.62. The molecule has 2 aromatic rings. The molecule has 5 heteroatoms. The molecule has 0 saturated heterocycles. The third kappa shape index (κ3) is 4.51. The van der Waals surface area contributed by atoms with Crippen LogP contribution in [0.2, 0.25) is 5.02 Å². The molecule has 3 nitrogen and oxygen atoms in total. The van der Waals surface area contributed by atoms with Crippen molar-refractivity contribution in [3.63, 3.8) is 0 Å². The molecule has 1 aliphatic rings. The van der Waals surface area contributed by atoms with Crippen LogP contribution in [-0.2, 0) is 10.0 Å². The minimum atomic E-state index is -3.52. The first kappa shape index (κ1) is 18.2. The van der Waals surface area contributed by atoms with Gasteiger partial charge in [0.05, 0.1) is 4.90 Å². The van der Waals surface area contributed by atoms with Crippen molar-refractivity contribution in [3.8, 4) is 0 Å². The summed E-state index contributed by atoms with van der Waals surface area (Å²) in [5, 5.41) is 0.685. The van der Waals surface area contributed by atoms with Crippen LogP contribution in [0.5, 0.6) is 0 Å². The second kappa shape index (κ2) is 7.73. The molecule has 2 unspecified atom stereocenters. The molecule has 1 aliphatic carbocycles. The summed E-state index contributed by atoms with van der Waals surface area (Å²) in [6, 6.07) is 14.6. The molecule has 3 rings (SSSR count). The molecule has 2 aromatic carbocycles. The van der Waals surface area contributed by atoms with E-state index in [9.17, 15) is 8.42 Å². The van der Waals surface area contributed by atoms with Crippen molar-refractivity contribution in [2.45, 2.75) is 30.6 Å². The van der Waals surface area contributed by atoms with Crippen LogP contribution in [0, 0.1) is 12.8 Å². The van der Waals surface area contributed by atoms with Gasteiger partial charge in [0.15, 0.2) is 0 Å². The Hall–Kier alpha value is -1.62. The predicted octanol–water partition coefficient (Wildman–Crippen LogP) is 4.68. The molecule has 0 heterocycles. The van der Waals surface area contributed by atoms with Gasteiger partial charge in [0, 0.05) is 17.5 Å². The molecule has 0 aromatic heterocycles. The molecule has 1 N–H and O–H groups in total. The molecular weight excluding hydrogens is 354 g/mol. The molecule has 0 saturated carbocycles. The summed E-state index contributed by atoms with van der Waals surface area (Å²) >= 11 is 5.99. The van der Waals surface area contributed by atoms with E-state index in [2.05, 4.69) is 16.9 Å². The van der Waals surface area contributed by atoms with Gasteiger partial charge in [-0.3, -0.25) is 0 Å². The van der Waals surface area contributed by atoms with Gasteiger partial charge in [-0.25, -0.2) is 13.1 Å². The number of hydrogen-bond donors (Lipinski definition) is 1. The van der Waals surface area contributed by atoms with Crippen LogP contribution in [0.25, 0.3) is 0 Å². The van der Waals surface area contributed by atoms with Crippen molar-refractivity contribution in [1.29, 1.82) is 0 Å². The molecule has 0 fully saturated rings. The summed E-state index contributed by atoms with van der Waals surface area (Å²) in [5.74, 6) is 0.429. The van der Waals surface area contributed by atoms with E-state index in [0.717, 1.165) is 24.0 Å². The minimum Gasteiger partial charge on any atom is -0.211 e. The Morgan fingerprint density at radius 3 is 2.40 bits per heavy atom. The highest BCUT2D eigenvalue weighted by molar-refractivity contribution is 7.89. The second-order valence-corrected chi connectivity index (χ2v) is 8.70. The van der Waals surface area contributed by atoms with Gasteiger partial charge in [-0.15, -0.1) is 0 Å². The molecule has 0 aliphatic heterocycles. The zero-order chi connectivity index (χ0) is 17.9. The number of hydrogen-bond acceptors (Lipinski definition) is 2. The smallest absolute Gasteiger partial charge is 0.211 e. The van der Waals surface area contributed by atoms with Crippen molar-refractivity contribution in [3.05, 3.63) is 76.8 Å². The summed E-state index contributed by atoms with van der Waals surface area (Å²) in [7, 11) is -3.52. The first-order valence-corrected chi connectivity index (χ1v) is 10.3. The molecule has 2 atom stereocenters. The van der Waals surface area contributed by atoms with Crippen molar-refractivity contribution < 1.29 is 8.42 Å². The van der Waals surface area contributed by atoms with Gasteiger partial charge in [-0.2, -0.15) is 0 Å². The lowest BCUT2D eigenvalue weighted by Gasteiger charge is -2.23. The number of nitrogens with one attached hydrogen (secondary N) is 1. The first-order valence-electron chi connectivity index (χ1n) is 8.44. The van der Waals surface area contributed by atoms with E-state index in [1.165, 1.54) is 0 Å². The van der Waals surface area contributed by atoms with Crippen LogP contribution < -0.4 is 4.72 Å². The molecule has 0 bridgehead atoms. The fourth-order valence-corrected chi connectivity index (χ4v) is 4.40. The zero-order valence-corrected chi connectivity index (χ0v) is 15.7. The van der Waals surface area contributed by atoms with Gasteiger partial charge in [0.1, 0.15) is 0 Å². The van der Waals surface area contributed by atoms with E-state index in [0.29, 0.717) is 22.4 Å². The van der Waals surface area contributed by atoms with Crippen LogP contribution in [0.3, 0.4) is 0 Å². The van der Waals surface area contributed by atoms with Crippen LogP contribution in [-0.4, -0.2) is 15.0 Å². The maximum absolute atomic E-state index is 12.6. The average Bonchev–Trinajstić information content (AvgIpc) is 3.11. The highest BCUT2D eigenvalue weighted by Gasteiger charge is 2.25. The third-order valence-electron chi connectivity index (χ3n) is 4.69. The average molecular weight is 376 g/mol. The number of sulfonamides is 1. The van der Waals surface area contributed by atoms with Crippen LogP contribution >= 0.6 is 11.6 Å². The van der Waals surface area contributed by atoms with E-state index >= 15 is 0 Å². The Labute approximate surface area is 154 Å². The minimum absolute atomic E-state index is 0.0937. The number of aryl methyl sites for hydroxylation is 1. The van der Waals surface area contributed by atoms with Gasteiger partial charge in [-0.05, 0) is 55.5 Å². The lowest BCUT2D eigenvalue weighted by Crippen LogP contribution is -2.31. The third-order valence-corrected chi connectivity index (χ3v) is 6.38. The van der Waals surface area contributed by atoms with Crippen molar-refractivity contribution in [2.75, 3.05) is 6.54 Å². The van der Waals surface area contributed by atoms with E-state index in [4.69, 9.17) is 11.6 Å². The summed E-state index contributed by atoms with van der Waals surface area (Å²) < 4.78 is 28.0. The van der Waals surface area contributed by atoms with Crippen LogP contribution in [0.1, 0.15) is 29.9 Å². The monoisotopic (exact) mass is 375 g/mol. The summed E-state index contributed by atoms with van der Waals surface area (Å²) in [6.07, 6.45) is 6.44. The second-order valence-electron chi connectivity index (χ2n) is 6.49. The van der Waals surface area contributed by atoms with Crippen molar-refractivity contribution >= 4 is 21.6 Å². The highest BCUT2D eigenvalue weighted by Crippen LogP contribution is 2.33. The standard InChI is InChI=1S/C20H22ClNO2S/c1-15-6-12-19(13-7-15)25(23,24)22-14-20(16-4-2-3-5-16)17-8-10-18(21)11-9-17/h2,4,6-13,16,20,22H,3,5,14H2,1H3. The molecule has 0 radical (unpaired) electrons. The Morgan fingerprint density at radius 1 is 1.12 bits per heavy atom.